The highest BCUT2D eigenvalue weighted by molar-refractivity contribution is 9.10. The van der Waals surface area contributed by atoms with E-state index in [1.807, 2.05) is 11.4 Å². The fourth-order valence-corrected chi connectivity index (χ4v) is 2.98. The number of halogens is 2. The average molecular weight is 377 g/mol. The van der Waals surface area contributed by atoms with Gasteiger partial charge in [-0.3, -0.25) is 0 Å². The van der Waals surface area contributed by atoms with Crippen LogP contribution in [0.4, 0.5) is 5.82 Å². The minimum absolute atomic E-state index is 0.752. The Morgan fingerprint density at radius 3 is 2.88 bits per heavy atom. The van der Waals surface area contributed by atoms with E-state index >= 15 is 0 Å². The van der Waals surface area contributed by atoms with E-state index in [1.54, 1.807) is 17.5 Å². The summed E-state index contributed by atoms with van der Waals surface area (Å²) in [7, 11) is 0. The van der Waals surface area contributed by atoms with E-state index < -0.39 is 0 Å². The number of anilines is 1. The van der Waals surface area contributed by atoms with Gasteiger partial charge in [0.1, 0.15) is 5.82 Å². The van der Waals surface area contributed by atoms with Crippen molar-refractivity contribution in [3.63, 3.8) is 0 Å². The fourth-order valence-electron chi connectivity index (χ4n) is 1.28. The van der Waals surface area contributed by atoms with Gasteiger partial charge in [-0.1, -0.05) is 6.92 Å². The molecule has 0 aromatic carbocycles. The van der Waals surface area contributed by atoms with Crippen LogP contribution in [0.5, 0.6) is 0 Å². The molecule has 2 heterocycles. The number of hydrogen-bond donors (Lipinski definition) is 1. The highest BCUT2D eigenvalue weighted by Crippen LogP contribution is 2.29. The van der Waals surface area contributed by atoms with Crippen molar-refractivity contribution in [2.75, 3.05) is 11.9 Å². The topological polar surface area (TPSA) is 37.8 Å². The van der Waals surface area contributed by atoms with E-state index in [2.05, 4.69) is 54.1 Å². The van der Waals surface area contributed by atoms with Gasteiger partial charge in [0.2, 0.25) is 0 Å². The highest BCUT2D eigenvalue weighted by Gasteiger charge is 2.08. The molecule has 17 heavy (non-hydrogen) atoms. The van der Waals surface area contributed by atoms with Gasteiger partial charge in [0, 0.05) is 22.6 Å². The summed E-state index contributed by atoms with van der Waals surface area (Å²) in [6.45, 7) is 3.03. The van der Waals surface area contributed by atoms with E-state index in [4.69, 9.17) is 0 Å². The van der Waals surface area contributed by atoms with Crippen molar-refractivity contribution in [1.29, 1.82) is 0 Å². The van der Waals surface area contributed by atoms with Crippen LogP contribution >= 0.6 is 43.2 Å². The Morgan fingerprint density at radius 1 is 1.41 bits per heavy atom. The summed E-state index contributed by atoms with van der Waals surface area (Å²) >= 11 is 8.51. The zero-order chi connectivity index (χ0) is 12.3. The van der Waals surface area contributed by atoms with Crippen LogP contribution in [0.15, 0.2) is 26.6 Å². The van der Waals surface area contributed by atoms with Gasteiger partial charge in [0.15, 0.2) is 5.82 Å². The monoisotopic (exact) mass is 375 g/mol. The number of hydrogen-bond acceptors (Lipinski definition) is 4. The van der Waals surface area contributed by atoms with Crippen LogP contribution in [0, 0.1) is 0 Å². The number of nitrogens with one attached hydrogen (secondary N) is 1. The molecule has 0 atom stereocenters. The molecule has 90 valence electrons. The molecule has 0 spiro atoms. The third kappa shape index (κ3) is 3.26. The molecule has 0 aliphatic carbocycles. The second kappa shape index (κ2) is 5.93. The lowest BCUT2D eigenvalue weighted by atomic mass is 10.4. The fraction of sp³-hybridized carbons (Fsp3) is 0.273. The van der Waals surface area contributed by atoms with Crippen molar-refractivity contribution in [2.24, 2.45) is 0 Å². The lowest BCUT2D eigenvalue weighted by Crippen LogP contribution is -2.04. The van der Waals surface area contributed by atoms with Gasteiger partial charge < -0.3 is 5.32 Å². The molecule has 0 aliphatic rings. The predicted molar refractivity (Wildman–Crippen MR) is 79.5 cm³/mol. The average Bonchev–Trinajstić information content (AvgIpc) is 2.75. The third-order valence-corrected chi connectivity index (χ3v) is 4.34. The maximum atomic E-state index is 4.51. The summed E-state index contributed by atoms with van der Waals surface area (Å²) in [5.74, 6) is 1.60. The summed E-state index contributed by atoms with van der Waals surface area (Å²) < 4.78 is 1.96. The SMILES string of the molecule is CCCNc1nc(-c2cc(Br)cs2)ncc1Br. The van der Waals surface area contributed by atoms with Gasteiger partial charge in [-0.2, -0.15) is 0 Å². The summed E-state index contributed by atoms with van der Waals surface area (Å²) in [6, 6.07) is 2.03. The quantitative estimate of drug-likeness (QED) is 0.850. The predicted octanol–water partition coefficient (Wildman–Crippen LogP) is 4.55. The first-order chi connectivity index (χ1) is 8.20. The molecule has 0 saturated heterocycles. The molecule has 0 unspecified atom stereocenters. The molecular formula is C11H11Br2N3S. The Hall–Kier alpha value is -0.460. The Morgan fingerprint density at radius 2 is 2.24 bits per heavy atom. The first-order valence-corrected chi connectivity index (χ1v) is 7.68. The van der Waals surface area contributed by atoms with Crippen LogP contribution < -0.4 is 5.32 Å². The first-order valence-electron chi connectivity index (χ1n) is 5.21. The van der Waals surface area contributed by atoms with Gasteiger partial charge in [-0.25, -0.2) is 9.97 Å². The van der Waals surface area contributed by atoms with Crippen LogP contribution in [-0.4, -0.2) is 16.5 Å². The maximum Gasteiger partial charge on any atom is 0.171 e. The molecule has 0 bridgehead atoms. The lowest BCUT2D eigenvalue weighted by Gasteiger charge is -2.06. The number of aromatic nitrogens is 2. The number of thiophene rings is 1. The van der Waals surface area contributed by atoms with Crippen LogP contribution in [-0.2, 0) is 0 Å². The molecule has 2 aromatic rings. The molecular weight excluding hydrogens is 366 g/mol. The standard InChI is InChI=1S/C11H11Br2N3S/c1-2-3-14-10-8(13)5-15-11(16-10)9-4-7(12)6-17-9/h4-6H,2-3H2,1H3,(H,14,15,16). The smallest absolute Gasteiger partial charge is 0.171 e. The maximum absolute atomic E-state index is 4.51. The van der Waals surface area contributed by atoms with Crippen LogP contribution in [0.2, 0.25) is 0 Å². The Bertz CT molecular complexity index is 513. The minimum atomic E-state index is 0.752. The van der Waals surface area contributed by atoms with Crippen LogP contribution in [0.3, 0.4) is 0 Å². The molecule has 6 heteroatoms. The van der Waals surface area contributed by atoms with Gasteiger partial charge in [-0.05, 0) is 44.3 Å². The van der Waals surface area contributed by atoms with Crippen molar-refractivity contribution in [3.8, 4) is 10.7 Å². The molecule has 0 saturated carbocycles. The van der Waals surface area contributed by atoms with E-state index in [0.717, 1.165) is 38.4 Å². The summed E-state index contributed by atoms with van der Waals surface area (Å²) in [5.41, 5.74) is 0. The van der Waals surface area contributed by atoms with E-state index in [-0.39, 0.29) is 0 Å². The molecule has 2 rings (SSSR count). The van der Waals surface area contributed by atoms with E-state index in [0.29, 0.717) is 0 Å². The largest absolute Gasteiger partial charge is 0.369 e. The summed E-state index contributed by atoms with van der Waals surface area (Å²) in [6.07, 6.45) is 2.85. The van der Waals surface area contributed by atoms with Gasteiger partial charge >= 0.3 is 0 Å². The summed E-state index contributed by atoms with van der Waals surface area (Å²) in [5, 5.41) is 5.30. The normalized spacial score (nSPS) is 10.5. The third-order valence-electron chi connectivity index (χ3n) is 2.07. The van der Waals surface area contributed by atoms with Gasteiger partial charge in [0.05, 0.1) is 9.35 Å². The molecule has 0 radical (unpaired) electrons. The van der Waals surface area contributed by atoms with Crippen LogP contribution in [0.25, 0.3) is 10.7 Å². The zero-order valence-corrected chi connectivity index (χ0v) is 13.2. The Kier molecular flexibility index (Phi) is 4.53. The summed E-state index contributed by atoms with van der Waals surface area (Å²) in [4.78, 5) is 9.90. The van der Waals surface area contributed by atoms with Crippen molar-refractivity contribution >= 4 is 49.0 Å². The van der Waals surface area contributed by atoms with Crippen molar-refractivity contribution in [3.05, 3.63) is 26.6 Å². The van der Waals surface area contributed by atoms with Crippen molar-refractivity contribution in [1.82, 2.24) is 9.97 Å². The Labute approximate surface area is 121 Å². The second-order valence-corrected chi connectivity index (χ2v) is 6.13. The van der Waals surface area contributed by atoms with Crippen molar-refractivity contribution in [2.45, 2.75) is 13.3 Å². The first kappa shape index (κ1) is 13.0. The van der Waals surface area contributed by atoms with E-state index in [9.17, 15) is 0 Å². The minimum Gasteiger partial charge on any atom is -0.369 e. The van der Waals surface area contributed by atoms with Gasteiger partial charge in [0.25, 0.3) is 0 Å². The number of nitrogens with zero attached hydrogens (tertiary/aromatic N) is 2. The Balaban J connectivity index is 2.30. The molecule has 2 aromatic heterocycles. The van der Waals surface area contributed by atoms with E-state index in [1.165, 1.54) is 0 Å². The second-order valence-electron chi connectivity index (χ2n) is 3.45. The van der Waals surface area contributed by atoms with Gasteiger partial charge in [-0.15, -0.1) is 11.3 Å². The van der Waals surface area contributed by atoms with Crippen LogP contribution in [0.1, 0.15) is 13.3 Å². The zero-order valence-electron chi connectivity index (χ0n) is 9.20. The number of rotatable bonds is 4. The molecule has 0 amide bonds. The molecule has 0 aliphatic heterocycles. The molecule has 3 nitrogen and oxygen atoms in total. The lowest BCUT2D eigenvalue weighted by molar-refractivity contribution is 0.963. The van der Waals surface area contributed by atoms with Crippen molar-refractivity contribution < 1.29 is 0 Å². The molecule has 1 N–H and O–H groups in total. The molecule has 0 fully saturated rings. The highest BCUT2D eigenvalue weighted by atomic mass is 79.9.